The van der Waals surface area contributed by atoms with E-state index in [1.54, 1.807) is 24.3 Å². The summed E-state index contributed by atoms with van der Waals surface area (Å²) in [5.74, 6) is 0.463. The molecule has 1 heterocycles. The van der Waals surface area contributed by atoms with Crippen LogP contribution in [0.4, 0.5) is 0 Å². The van der Waals surface area contributed by atoms with Crippen LogP contribution in [-0.4, -0.2) is 26.5 Å². The second kappa shape index (κ2) is 6.95. The number of benzene rings is 1. The van der Waals surface area contributed by atoms with Crippen molar-refractivity contribution in [1.82, 2.24) is 10.1 Å². The number of carbonyl (C=O) groups is 1. The summed E-state index contributed by atoms with van der Waals surface area (Å²) in [6.07, 6.45) is 0. The van der Waals surface area contributed by atoms with E-state index < -0.39 is 11.2 Å². The van der Waals surface area contributed by atoms with Gasteiger partial charge in [0.2, 0.25) is 11.7 Å². The van der Waals surface area contributed by atoms with Gasteiger partial charge in [0.1, 0.15) is 5.25 Å². The van der Waals surface area contributed by atoms with Crippen molar-refractivity contribution in [2.45, 2.75) is 24.9 Å². The zero-order chi connectivity index (χ0) is 15.4. The summed E-state index contributed by atoms with van der Waals surface area (Å²) in [5.41, 5.74) is 0.804. The van der Waals surface area contributed by atoms with Crippen molar-refractivity contribution in [2.24, 2.45) is 5.92 Å². The Bertz CT molecular complexity index is 613. The van der Waals surface area contributed by atoms with Crippen LogP contribution in [0.25, 0.3) is 11.4 Å². The minimum Gasteiger partial charge on any atom is -0.480 e. The van der Waals surface area contributed by atoms with E-state index in [4.69, 9.17) is 21.2 Å². The molecular weight excluding hydrogens is 312 g/mol. The van der Waals surface area contributed by atoms with Crippen molar-refractivity contribution in [3.63, 3.8) is 0 Å². The Labute approximate surface area is 131 Å². The van der Waals surface area contributed by atoms with Crippen LogP contribution in [0.5, 0.6) is 0 Å². The summed E-state index contributed by atoms with van der Waals surface area (Å²) < 4.78 is 5.15. The van der Waals surface area contributed by atoms with Crippen LogP contribution in [0.15, 0.2) is 28.8 Å². The van der Waals surface area contributed by atoms with Gasteiger partial charge in [-0.05, 0) is 30.2 Å². The molecule has 7 heteroatoms. The molecule has 1 N–H and O–H groups in total. The number of aliphatic carboxylic acids is 1. The predicted molar refractivity (Wildman–Crippen MR) is 82.3 cm³/mol. The molecule has 0 saturated heterocycles. The minimum absolute atomic E-state index is 0.0335. The number of halogens is 1. The van der Waals surface area contributed by atoms with E-state index in [1.165, 1.54) is 11.8 Å². The fourth-order valence-electron chi connectivity index (χ4n) is 1.74. The van der Waals surface area contributed by atoms with E-state index in [2.05, 4.69) is 10.1 Å². The Hall–Kier alpha value is -1.53. The molecule has 0 aliphatic heterocycles. The highest BCUT2D eigenvalue weighted by atomic mass is 35.5. The molecule has 0 amide bonds. The SMILES string of the molecule is CC(C)C(SCc1nc(-c2ccc(Cl)cc2)no1)C(=O)O. The molecule has 112 valence electrons. The highest BCUT2D eigenvalue weighted by molar-refractivity contribution is 7.99. The third kappa shape index (κ3) is 4.22. The van der Waals surface area contributed by atoms with Crippen LogP contribution >= 0.6 is 23.4 Å². The van der Waals surface area contributed by atoms with E-state index in [0.29, 0.717) is 22.5 Å². The van der Waals surface area contributed by atoms with Crippen molar-refractivity contribution in [3.05, 3.63) is 35.2 Å². The van der Waals surface area contributed by atoms with Gasteiger partial charge < -0.3 is 9.63 Å². The number of rotatable bonds is 6. The molecule has 1 unspecified atom stereocenters. The van der Waals surface area contributed by atoms with Crippen LogP contribution in [0, 0.1) is 5.92 Å². The number of carboxylic acid groups (broad SMARTS) is 1. The molecule has 0 saturated carbocycles. The molecule has 0 aliphatic carbocycles. The Morgan fingerprint density at radius 1 is 1.38 bits per heavy atom. The maximum absolute atomic E-state index is 11.1. The number of hydrogen-bond acceptors (Lipinski definition) is 5. The lowest BCUT2D eigenvalue weighted by atomic mass is 10.1. The lowest BCUT2D eigenvalue weighted by Crippen LogP contribution is -2.22. The summed E-state index contributed by atoms with van der Waals surface area (Å²) in [6, 6.07) is 7.11. The maximum atomic E-state index is 11.1. The Morgan fingerprint density at radius 2 is 2.05 bits per heavy atom. The second-order valence-electron chi connectivity index (χ2n) is 4.83. The fourth-order valence-corrected chi connectivity index (χ4v) is 2.83. The van der Waals surface area contributed by atoms with Crippen LogP contribution in [0.2, 0.25) is 5.02 Å². The van der Waals surface area contributed by atoms with E-state index >= 15 is 0 Å². The number of nitrogens with zero attached hydrogens (tertiary/aromatic N) is 2. The zero-order valence-electron chi connectivity index (χ0n) is 11.6. The van der Waals surface area contributed by atoms with Crippen LogP contribution in [-0.2, 0) is 10.5 Å². The molecular formula is C14H15ClN2O3S. The molecule has 1 aromatic heterocycles. The third-order valence-electron chi connectivity index (χ3n) is 2.81. The molecule has 21 heavy (non-hydrogen) atoms. The molecule has 0 bridgehead atoms. The smallest absolute Gasteiger partial charge is 0.316 e. The summed E-state index contributed by atoms with van der Waals surface area (Å²) in [6.45, 7) is 3.75. The zero-order valence-corrected chi connectivity index (χ0v) is 13.2. The summed E-state index contributed by atoms with van der Waals surface area (Å²) >= 11 is 7.11. The summed E-state index contributed by atoms with van der Waals surface area (Å²) in [5, 5.41) is 13.2. The lowest BCUT2D eigenvalue weighted by Gasteiger charge is -2.13. The third-order valence-corrected chi connectivity index (χ3v) is 4.58. The number of aromatic nitrogens is 2. The average molecular weight is 327 g/mol. The molecule has 0 fully saturated rings. The molecule has 2 aromatic rings. The molecule has 2 rings (SSSR count). The van der Waals surface area contributed by atoms with Crippen LogP contribution < -0.4 is 0 Å². The quantitative estimate of drug-likeness (QED) is 0.871. The maximum Gasteiger partial charge on any atom is 0.316 e. The van der Waals surface area contributed by atoms with Gasteiger partial charge >= 0.3 is 5.97 Å². The van der Waals surface area contributed by atoms with Gasteiger partial charge in [-0.1, -0.05) is 30.6 Å². The highest BCUT2D eigenvalue weighted by Gasteiger charge is 2.23. The lowest BCUT2D eigenvalue weighted by molar-refractivity contribution is -0.137. The normalized spacial score (nSPS) is 12.6. The first-order valence-electron chi connectivity index (χ1n) is 6.40. The van der Waals surface area contributed by atoms with Crippen LogP contribution in [0.3, 0.4) is 0 Å². The van der Waals surface area contributed by atoms with E-state index in [1.807, 2.05) is 13.8 Å². The van der Waals surface area contributed by atoms with Crippen molar-refractivity contribution in [1.29, 1.82) is 0 Å². The second-order valence-corrected chi connectivity index (χ2v) is 6.40. The van der Waals surface area contributed by atoms with Gasteiger partial charge in [0.25, 0.3) is 0 Å². The van der Waals surface area contributed by atoms with Crippen molar-refractivity contribution in [2.75, 3.05) is 0 Å². The van der Waals surface area contributed by atoms with Crippen molar-refractivity contribution in [3.8, 4) is 11.4 Å². The molecule has 0 aliphatic rings. The Balaban J connectivity index is 2.03. The highest BCUT2D eigenvalue weighted by Crippen LogP contribution is 2.25. The largest absolute Gasteiger partial charge is 0.480 e. The first-order valence-corrected chi connectivity index (χ1v) is 7.83. The molecule has 0 spiro atoms. The predicted octanol–water partition coefficient (Wildman–Crippen LogP) is 3.73. The fraction of sp³-hybridized carbons (Fsp3) is 0.357. The van der Waals surface area contributed by atoms with Gasteiger partial charge in [-0.3, -0.25) is 4.79 Å². The van der Waals surface area contributed by atoms with Crippen LogP contribution in [0.1, 0.15) is 19.7 Å². The van der Waals surface area contributed by atoms with Gasteiger partial charge in [-0.2, -0.15) is 4.98 Å². The first-order chi connectivity index (χ1) is 9.97. The van der Waals surface area contributed by atoms with Gasteiger partial charge in [0.15, 0.2) is 0 Å². The first kappa shape index (κ1) is 15.9. The van der Waals surface area contributed by atoms with Crippen molar-refractivity contribution < 1.29 is 14.4 Å². The molecule has 0 radical (unpaired) electrons. The molecule has 1 atom stereocenters. The number of hydrogen-bond donors (Lipinski definition) is 1. The summed E-state index contributed by atoms with van der Waals surface area (Å²) in [4.78, 5) is 15.4. The van der Waals surface area contributed by atoms with Crippen molar-refractivity contribution >= 4 is 29.3 Å². The molecule has 1 aromatic carbocycles. The minimum atomic E-state index is -0.826. The van der Waals surface area contributed by atoms with E-state index in [0.717, 1.165) is 5.56 Å². The standard InChI is InChI=1S/C14H15ClN2O3S/c1-8(2)12(14(18)19)21-7-11-16-13(17-20-11)9-3-5-10(15)6-4-9/h3-6,8,12H,7H2,1-2H3,(H,18,19). The monoisotopic (exact) mass is 326 g/mol. The Kier molecular flexibility index (Phi) is 5.25. The van der Waals surface area contributed by atoms with E-state index in [-0.39, 0.29) is 5.92 Å². The Morgan fingerprint density at radius 3 is 2.62 bits per heavy atom. The number of carboxylic acids is 1. The topological polar surface area (TPSA) is 76.2 Å². The summed E-state index contributed by atoms with van der Waals surface area (Å²) in [7, 11) is 0. The van der Waals surface area contributed by atoms with Gasteiger partial charge in [-0.25, -0.2) is 0 Å². The number of thioether (sulfide) groups is 1. The van der Waals surface area contributed by atoms with Gasteiger partial charge in [0.05, 0.1) is 5.75 Å². The molecule has 5 nitrogen and oxygen atoms in total. The van der Waals surface area contributed by atoms with Gasteiger partial charge in [-0.15, -0.1) is 11.8 Å². The average Bonchev–Trinajstić information content (AvgIpc) is 2.87. The van der Waals surface area contributed by atoms with Gasteiger partial charge in [0, 0.05) is 10.6 Å². The van der Waals surface area contributed by atoms with E-state index in [9.17, 15) is 4.79 Å².